The van der Waals surface area contributed by atoms with E-state index in [0.717, 1.165) is 38.5 Å². The van der Waals surface area contributed by atoms with Crippen LogP contribution in [0.15, 0.2) is 0 Å². The van der Waals surface area contributed by atoms with Crippen LogP contribution in [-0.2, 0) is 14.3 Å². The highest BCUT2D eigenvalue weighted by Gasteiger charge is 2.65. The van der Waals surface area contributed by atoms with E-state index >= 15 is 0 Å². The van der Waals surface area contributed by atoms with Gasteiger partial charge in [0.1, 0.15) is 12.8 Å². The molecule has 3 atom stereocenters. The Kier molecular flexibility index (Phi) is 6.35. The molecular weight excluding hydrogens is 418 g/mol. The summed E-state index contributed by atoms with van der Waals surface area (Å²) < 4.78 is 19.3. The molecule has 164 valence electrons. The largest absolute Gasteiger partial charge is 0.368 e. The summed E-state index contributed by atoms with van der Waals surface area (Å²) in [5, 5.41) is 6.11. The Balaban J connectivity index is 1.20. The highest BCUT2D eigenvalue weighted by atomic mass is 35.5. The molecule has 0 aliphatic heterocycles. The number of carbonyl (C=O) groups is 2. The number of fused-ring (bicyclic) bond motifs is 1. The first-order valence-corrected chi connectivity index (χ1v) is 11.8. The summed E-state index contributed by atoms with van der Waals surface area (Å²) >= 11 is 12.0. The molecule has 5 saturated carbocycles. The van der Waals surface area contributed by atoms with E-state index in [1.807, 2.05) is 0 Å². The van der Waals surface area contributed by atoms with Gasteiger partial charge in [-0.2, -0.15) is 0 Å². The molecule has 2 bridgehead atoms. The molecule has 5 rings (SSSR count). The molecule has 0 radical (unpaired) electrons. The van der Waals surface area contributed by atoms with Gasteiger partial charge in [-0.15, -0.1) is 23.2 Å². The first-order chi connectivity index (χ1) is 13.8. The van der Waals surface area contributed by atoms with Crippen LogP contribution in [0.5, 0.6) is 0 Å². The Morgan fingerprint density at radius 1 is 1.03 bits per heavy atom. The lowest BCUT2D eigenvalue weighted by atomic mass is 9.64. The van der Waals surface area contributed by atoms with E-state index in [0.29, 0.717) is 25.7 Å². The van der Waals surface area contributed by atoms with Crippen molar-refractivity contribution in [3.05, 3.63) is 0 Å². The van der Waals surface area contributed by atoms with Crippen molar-refractivity contribution in [2.75, 3.05) is 6.61 Å². The fourth-order valence-electron chi connectivity index (χ4n) is 5.76. The topological polar surface area (TPSA) is 67.4 Å². The average molecular weight is 449 g/mol. The molecule has 8 heteroatoms. The van der Waals surface area contributed by atoms with Crippen LogP contribution in [0.2, 0.25) is 0 Å². The molecule has 0 saturated heterocycles. The third-order valence-electron chi connectivity index (χ3n) is 7.41. The molecule has 0 aromatic heterocycles. The first kappa shape index (κ1) is 21.6. The Bertz CT molecular complexity index is 635. The summed E-state index contributed by atoms with van der Waals surface area (Å²) in [6, 6.07) is 0.230. The van der Waals surface area contributed by atoms with Crippen molar-refractivity contribution in [2.45, 2.75) is 105 Å². The van der Waals surface area contributed by atoms with Crippen molar-refractivity contribution in [3.8, 4) is 0 Å². The van der Waals surface area contributed by atoms with Crippen molar-refractivity contribution in [1.82, 2.24) is 10.6 Å². The lowest BCUT2D eigenvalue weighted by Gasteiger charge is -2.47. The molecular formula is C21H31Cl2FN2O3. The van der Waals surface area contributed by atoms with Gasteiger partial charge in [-0.25, -0.2) is 4.39 Å². The van der Waals surface area contributed by atoms with Crippen molar-refractivity contribution in [1.29, 1.82) is 0 Å². The van der Waals surface area contributed by atoms with Crippen LogP contribution in [-0.4, -0.2) is 53.0 Å². The van der Waals surface area contributed by atoms with E-state index in [9.17, 15) is 14.0 Å². The molecule has 0 heterocycles. The number of rotatable bonds is 6. The van der Waals surface area contributed by atoms with E-state index < -0.39 is 11.5 Å². The Labute approximate surface area is 181 Å². The summed E-state index contributed by atoms with van der Waals surface area (Å²) in [5.74, 6) is -0.0364. The lowest BCUT2D eigenvalue weighted by Crippen LogP contribution is -2.61. The number of hydrogen-bond acceptors (Lipinski definition) is 3. The van der Waals surface area contributed by atoms with Gasteiger partial charge in [-0.3, -0.25) is 9.59 Å². The van der Waals surface area contributed by atoms with E-state index in [-0.39, 0.29) is 53.3 Å². The van der Waals surface area contributed by atoms with Crippen LogP contribution < -0.4 is 10.6 Å². The summed E-state index contributed by atoms with van der Waals surface area (Å²) in [6.07, 6.45) is 7.02. The Hall–Kier alpha value is -0.590. The first-order valence-electron chi connectivity index (χ1n) is 11.0. The van der Waals surface area contributed by atoms with Gasteiger partial charge in [0.25, 0.3) is 0 Å². The van der Waals surface area contributed by atoms with Crippen LogP contribution in [0.25, 0.3) is 0 Å². The van der Waals surface area contributed by atoms with Crippen LogP contribution >= 0.6 is 23.2 Å². The van der Waals surface area contributed by atoms with E-state index in [1.165, 1.54) is 0 Å². The molecule has 2 amide bonds. The third-order valence-corrected chi connectivity index (χ3v) is 8.34. The predicted octanol–water partition coefficient (Wildman–Crippen LogP) is 3.60. The number of halogens is 3. The fourth-order valence-corrected chi connectivity index (χ4v) is 6.24. The summed E-state index contributed by atoms with van der Waals surface area (Å²) in [7, 11) is 0. The van der Waals surface area contributed by atoms with Crippen LogP contribution in [0.4, 0.5) is 4.39 Å². The van der Waals surface area contributed by atoms with E-state index in [2.05, 4.69) is 10.6 Å². The highest BCUT2D eigenvalue weighted by molar-refractivity contribution is 6.21. The highest BCUT2D eigenvalue weighted by Crippen LogP contribution is 2.61. The zero-order chi connectivity index (χ0) is 20.6. The minimum Gasteiger partial charge on any atom is -0.368 e. The summed E-state index contributed by atoms with van der Waals surface area (Å²) in [6.45, 7) is -0.0625. The van der Waals surface area contributed by atoms with E-state index in [4.69, 9.17) is 27.9 Å². The summed E-state index contributed by atoms with van der Waals surface area (Å²) in [5.41, 5.74) is -0.603. The number of ether oxygens (including phenoxy) is 1. The molecule has 5 nitrogen and oxygen atoms in total. The smallest absolute Gasteiger partial charge is 0.246 e. The monoisotopic (exact) mass is 448 g/mol. The zero-order valence-corrected chi connectivity index (χ0v) is 18.2. The second-order valence-corrected chi connectivity index (χ2v) is 10.8. The molecule has 5 fully saturated rings. The van der Waals surface area contributed by atoms with Crippen molar-refractivity contribution in [3.63, 3.8) is 0 Å². The van der Waals surface area contributed by atoms with Crippen molar-refractivity contribution < 1.29 is 18.7 Å². The molecule has 5 aliphatic carbocycles. The van der Waals surface area contributed by atoms with Crippen molar-refractivity contribution >= 4 is 35.0 Å². The van der Waals surface area contributed by atoms with Crippen LogP contribution in [0.1, 0.15) is 70.6 Å². The molecule has 2 N–H and O–H groups in total. The molecule has 29 heavy (non-hydrogen) atoms. The van der Waals surface area contributed by atoms with Gasteiger partial charge in [-0.05, 0) is 64.2 Å². The quantitative estimate of drug-likeness (QED) is 0.609. The Morgan fingerprint density at radius 2 is 1.76 bits per heavy atom. The number of nitrogens with one attached hydrogen (secondary N) is 2. The summed E-state index contributed by atoms with van der Waals surface area (Å²) in [4.78, 5) is 25.2. The minimum absolute atomic E-state index is 0.0625. The molecule has 5 aliphatic rings. The zero-order valence-electron chi connectivity index (χ0n) is 16.7. The maximum atomic E-state index is 13.7. The average Bonchev–Trinajstić information content (AvgIpc) is 3.21. The number of carbonyl (C=O) groups excluding carboxylic acids is 2. The van der Waals surface area contributed by atoms with Gasteiger partial charge < -0.3 is 15.4 Å². The Morgan fingerprint density at radius 3 is 2.45 bits per heavy atom. The second kappa shape index (κ2) is 8.51. The molecule has 0 spiro atoms. The molecule has 3 unspecified atom stereocenters. The number of alkyl halides is 3. The lowest BCUT2D eigenvalue weighted by molar-refractivity contribution is -0.141. The third kappa shape index (κ3) is 4.69. The normalized spacial score (nSPS) is 44.0. The van der Waals surface area contributed by atoms with E-state index in [1.54, 1.807) is 0 Å². The molecule has 0 aromatic carbocycles. The van der Waals surface area contributed by atoms with Crippen molar-refractivity contribution in [2.24, 2.45) is 5.41 Å². The van der Waals surface area contributed by atoms with Gasteiger partial charge >= 0.3 is 0 Å². The van der Waals surface area contributed by atoms with Gasteiger partial charge in [0.15, 0.2) is 0 Å². The number of hydrogen-bond donors (Lipinski definition) is 2. The minimum atomic E-state index is -1.07. The van der Waals surface area contributed by atoms with Crippen LogP contribution in [0.3, 0.4) is 0 Å². The standard InChI is InChI=1S/C21H31Cl2FN2O3/c22-13-1-3-14(4-2-13)25-19(28)20-7-8-21(11-20,12-20)26-18(27)10-29-15-5-6-16(23)17(24)9-15/h13-17H,1-12H2,(H,25,28)(H,26,27). The van der Waals surface area contributed by atoms with Gasteiger partial charge in [-0.1, -0.05) is 0 Å². The molecule has 0 aromatic rings. The number of amides is 2. The predicted molar refractivity (Wildman–Crippen MR) is 110 cm³/mol. The van der Waals surface area contributed by atoms with Crippen LogP contribution in [0, 0.1) is 5.41 Å². The second-order valence-electron chi connectivity index (χ2n) is 9.66. The maximum Gasteiger partial charge on any atom is 0.246 e. The SMILES string of the molecule is O=C(COC1CCC(Cl)C(F)C1)NC12CCC(C(=O)NC3CCC(Cl)CC3)(C1)C2. The van der Waals surface area contributed by atoms with Gasteiger partial charge in [0.2, 0.25) is 11.8 Å². The maximum absolute atomic E-state index is 13.7. The van der Waals surface area contributed by atoms with Gasteiger partial charge in [0.05, 0.1) is 16.9 Å². The fraction of sp³-hybridized carbons (Fsp3) is 0.905. The van der Waals surface area contributed by atoms with Gasteiger partial charge in [0, 0.05) is 23.4 Å².